The van der Waals surface area contributed by atoms with Crippen molar-refractivity contribution in [3.63, 3.8) is 0 Å². The Kier molecular flexibility index (Phi) is 7.16. The predicted octanol–water partition coefficient (Wildman–Crippen LogP) is 3.04. The standard InChI is InChI=1S/C19H20BrNO4/c1-24-17(14-8-4-3-5-9-14)18(22)21-16(19(23)25-2)12-13-7-6-10-15(20)11-13/h3-11,16-17H,12H2,1-2H3,(H,21,22)/t16-,17-/m1/s1. The number of methoxy groups -OCH3 is 2. The van der Waals surface area contributed by atoms with E-state index in [1.165, 1.54) is 14.2 Å². The number of ether oxygens (including phenoxy) is 2. The zero-order valence-corrected chi connectivity index (χ0v) is 15.7. The molecule has 0 fully saturated rings. The lowest BCUT2D eigenvalue weighted by molar-refractivity contribution is -0.146. The number of halogens is 1. The Labute approximate surface area is 155 Å². The highest BCUT2D eigenvalue weighted by Crippen LogP contribution is 2.18. The normalized spacial score (nSPS) is 12.9. The van der Waals surface area contributed by atoms with E-state index in [0.717, 1.165) is 10.0 Å². The minimum atomic E-state index is -0.798. The van der Waals surface area contributed by atoms with E-state index in [1.54, 1.807) is 12.1 Å². The van der Waals surface area contributed by atoms with Crippen molar-refractivity contribution >= 4 is 27.8 Å². The molecule has 0 aliphatic carbocycles. The van der Waals surface area contributed by atoms with Crippen LogP contribution in [0.5, 0.6) is 0 Å². The molecule has 0 saturated heterocycles. The maximum atomic E-state index is 12.6. The lowest BCUT2D eigenvalue weighted by Crippen LogP contribution is -2.45. The van der Waals surface area contributed by atoms with Gasteiger partial charge >= 0.3 is 5.97 Å². The molecule has 0 unspecified atom stereocenters. The SMILES string of the molecule is COC(=O)[C@@H](Cc1cccc(Br)c1)NC(=O)[C@H](OC)c1ccccc1. The summed E-state index contributed by atoms with van der Waals surface area (Å²) in [6.07, 6.45) is -0.473. The molecule has 5 nitrogen and oxygen atoms in total. The highest BCUT2D eigenvalue weighted by molar-refractivity contribution is 9.10. The molecule has 0 spiro atoms. The summed E-state index contributed by atoms with van der Waals surface area (Å²) in [5.41, 5.74) is 1.62. The Morgan fingerprint density at radius 1 is 1.08 bits per heavy atom. The molecule has 2 aromatic carbocycles. The number of hydrogen-bond acceptors (Lipinski definition) is 4. The predicted molar refractivity (Wildman–Crippen MR) is 98.0 cm³/mol. The molecule has 2 aromatic rings. The first-order valence-corrected chi connectivity index (χ1v) is 8.55. The van der Waals surface area contributed by atoms with Gasteiger partial charge in [0.1, 0.15) is 6.04 Å². The van der Waals surface area contributed by atoms with Crippen molar-refractivity contribution in [2.45, 2.75) is 18.6 Å². The van der Waals surface area contributed by atoms with Gasteiger partial charge in [-0.3, -0.25) is 4.79 Å². The van der Waals surface area contributed by atoms with Gasteiger partial charge in [0.05, 0.1) is 7.11 Å². The summed E-state index contributed by atoms with van der Waals surface area (Å²) in [6, 6.07) is 15.9. The molecule has 6 heteroatoms. The average molecular weight is 406 g/mol. The monoisotopic (exact) mass is 405 g/mol. The summed E-state index contributed by atoms with van der Waals surface area (Å²) in [7, 11) is 2.76. The number of carbonyl (C=O) groups excluding carboxylic acids is 2. The lowest BCUT2D eigenvalue weighted by atomic mass is 10.0. The molecule has 1 amide bonds. The zero-order valence-electron chi connectivity index (χ0n) is 14.1. The third-order valence-electron chi connectivity index (χ3n) is 3.71. The van der Waals surface area contributed by atoms with E-state index in [1.807, 2.05) is 42.5 Å². The van der Waals surface area contributed by atoms with Crippen LogP contribution in [-0.2, 0) is 25.5 Å². The number of nitrogens with one attached hydrogen (secondary N) is 1. The molecule has 0 aromatic heterocycles. The maximum absolute atomic E-state index is 12.6. The van der Waals surface area contributed by atoms with Crippen molar-refractivity contribution in [2.24, 2.45) is 0 Å². The van der Waals surface area contributed by atoms with Crippen LogP contribution in [-0.4, -0.2) is 32.1 Å². The van der Waals surface area contributed by atoms with Crippen LogP contribution >= 0.6 is 15.9 Å². The largest absolute Gasteiger partial charge is 0.467 e. The first-order valence-electron chi connectivity index (χ1n) is 7.75. The molecule has 0 radical (unpaired) electrons. The number of esters is 1. The van der Waals surface area contributed by atoms with E-state index in [0.29, 0.717) is 12.0 Å². The fourth-order valence-corrected chi connectivity index (χ4v) is 2.95. The number of benzene rings is 2. The summed E-state index contributed by atoms with van der Waals surface area (Å²) in [4.78, 5) is 24.7. The van der Waals surface area contributed by atoms with E-state index in [9.17, 15) is 9.59 Å². The first kappa shape index (κ1) is 19.1. The van der Waals surface area contributed by atoms with Crippen molar-refractivity contribution in [3.8, 4) is 0 Å². The van der Waals surface area contributed by atoms with E-state index in [4.69, 9.17) is 9.47 Å². The van der Waals surface area contributed by atoms with Gasteiger partial charge in [0, 0.05) is 18.0 Å². The first-order chi connectivity index (χ1) is 12.0. The van der Waals surface area contributed by atoms with Crippen LogP contribution in [0.4, 0.5) is 0 Å². The molecule has 25 heavy (non-hydrogen) atoms. The number of rotatable bonds is 7. The number of carbonyl (C=O) groups is 2. The van der Waals surface area contributed by atoms with Crippen LogP contribution in [0.25, 0.3) is 0 Å². The quantitative estimate of drug-likeness (QED) is 0.718. The van der Waals surface area contributed by atoms with E-state index in [2.05, 4.69) is 21.2 Å². The summed E-state index contributed by atoms with van der Waals surface area (Å²) in [5, 5.41) is 2.73. The molecule has 132 valence electrons. The van der Waals surface area contributed by atoms with Gasteiger partial charge in [-0.2, -0.15) is 0 Å². The van der Waals surface area contributed by atoms with Crippen LogP contribution in [0.1, 0.15) is 17.2 Å². The average Bonchev–Trinajstić information content (AvgIpc) is 2.62. The van der Waals surface area contributed by atoms with E-state index in [-0.39, 0.29) is 5.91 Å². The molecule has 2 rings (SSSR count). The lowest BCUT2D eigenvalue weighted by Gasteiger charge is -2.21. The highest BCUT2D eigenvalue weighted by Gasteiger charge is 2.27. The fraction of sp³-hybridized carbons (Fsp3) is 0.263. The summed E-state index contributed by atoms with van der Waals surface area (Å²) in [5.74, 6) is -0.893. The molecule has 0 bridgehead atoms. The van der Waals surface area contributed by atoms with E-state index >= 15 is 0 Å². The Balaban J connectivity index is 2.15. The molecule has 0 aliphatic heterocycles. The van der Waals surface area contributed by atoms with Crippen LogP contribution in [0.3, 0.4) is 0 Å². The summed E-state index contributed by atoms with van der Waals surface area (Å²) in [6.45, 7) is 0. The Bertz CT molecular complexity index is 720. The van der Waals surface area contributed by atoms with Gasteiger partial charge in [-0.05, 0) is 23.3 Å². The van der Waals surface area contributed by atoms with Crippen LogP contribution in [0.15, 0.2) is 59.1 Å². The van der Waals surface area contributed by atoms with Crippen molar-refractivity contribution in [1.82, 2.24) is 5.32 Å². The van der Waals surface area contributed by atoms with Crippen molar-refractivity contribution < 1.29 is 19.1 Å². The topological polar surface area (TPSA) is 64.6 Å². The second kappa shape index (κ2) is 9.34. The molecular weight excluding hydrogens is 386 g/mol. The van der Waals surface area contributed by atoms with Crippen LogP contribution in [0, 0.1) is 0 Å². The molecular formula is C19H20BrNO4. The Morgan fingerprint density at radius 2 is 1.80 bits per heavy atom. The van der Waals surface area contributed by atoms with Gasteiger partial charge in [-0.1, -0.05) is 58.4 Å². The molecule has 0 heterocycles. The van der Waals surface area contributed by atoms with Crippen LogP contribution < -0.4 is 5.32 Å². The van der Waals surface area contributed by atoms with Gasteiger partial charge in [0.15, 0.2) is 6.10 Å². The Hall–Kier alpha value is -2.18. The van der Waals surface area contributed by atoms with Gasteiger partial charge in [0.25, 0.3) is 5.91 Å². The Morgan fingerprint density at radius 3 is 2.40 bits per heavy atom. The minimum Gasteiger partial charge on any atom is -0.467 e. The third-order valence-corrected chi connectivity index (χ3v) is 4.20. The fourth-order valence-electron chi connectivity index (χ4n) is 2.50. The molecule has 0 aliphatic rings. The zero-order chi connectivity index (χ0) is 18.2. The highest BCUT2D eigenvalue weighted by atomic mass is 79.9. The third kappa shape index (κ3) is 5.41. The second-order valence-corrected chi connectivity index (χ2v) is 6.36. The summed E-state index contributed by atoms with van der Waals surface area (Å²) >= 11 is 3.40. The van der Waals surface area contributed by atoms with Crippen molar-refractivity contribution in [1.29, 1.82) is 0 Å². The van der Waals surface area contributed by atoms with Crippen molar-refractivity contribution in [3.05, 3.63) is 70.2 Å². The molecule has 0 saturated carbocycles. The number of hydrogen-bond donors (Lipinski definition) is 1. The van der Waals surface area contributed by atoms with Crippen molar-refractivity contribution in [2.75, 3.05) is 14.2 Å². The number of amides is 1. The maximum Gasteiger partial charge on any atom is 0.328 e. The second-order valence-electron chi connectivity index (χ2n) is 5.44. The minimum absolute atomic E-state index is 0.322. The summed E-state index contributed by atoms with van der Waals surface area (Å²) < 4.78 is 11.0. The van der Waals surface area contributed by atoms with Gasteiger partial charge < -0.3 is 14.8 Å². The van der Waals surface area contributed by atoms with Gasteiger partial charge in [0.2, 0.25) is 0 Å². The van der Waals surface area contributed by atoms with Gasteiger partial charge in [-0.25, -0.2) is 4.79 Å². The smallest absolute Gasteiger partial charge is 0.328 e. The molecule has 1 N–H and O–H groups in total. The van der Waals surface area contributed by atoms with E-state index < -0.39 is 18.1 Å². The van der Waals surface area contributed by atoms with Gasteiger partial charge in [-0.15, -0.1) is 0 Å². The van der Waals surface area contributed by atoms with Crippen LogP contribution in [0.2, 0.25) is 0 Å². The molecule has 2 atom stereocenters.